The molecule has 2 unspecified atom stereocenters. The number of carbonyl (C=O) groups excluding carboxylic acids is 1. The van der Waals surface area contributed by atoms with Crippen LogP contribution in [0.5, 0.6) is 0 Å². The Morgan fingerprint density at radius 2 is 1.94 bits per heavy atom. The van der Waals surface area contributed by atoms with Crippen LogP contribution in [0.3, 0.4) is 0 Å². The summed E-state index contributed by atoms with van der Waals surface area (Å²) in [5.74, 6) is 0.962. The molecule has 1 saturated heterocycles. The Morgan fingerprint density at radius 3 is 2.78 bits per heavy atom. The Balaban J connectivity index is 1.86. The fourth-order valence-corrected chi connectivity index (χ4v) is 3.95. The number of fused-ring (bicyclic) bond motifs is 1. The van der Waals surface area contributed by atoms with Gasteiger partial charge in [-0.1, -0.05) is 18.6 Å². The number of piperidine rings is 1. The molecule has 3 heteroatoms. The summed E-state index contributed by atoms with van der Waals surface area (Å²) >= 11 is 3.49. The van der Waals surface area contributed by atoms with Gasteiger partial charge in [-0.05, 0) is 59.7 Å². The molecule has 2 fully saturated rings. The Hall–Kier alpha value is -0.830. The van der Waals surface area contributed by atoms with Gasteiger partial charge in [0.05, 0.1) is 5.56 Å². The van der Waals surface area contributed by atoms with Gasteiger partial charge in [-0.25, -0.2) is 0 Å². The molecule has 2 atom stereocenters. The van der Waals surface area contributed by atoms with Crippen LogP contribution in [0.4, 0.5) is 0 Å². The van der Waals surface area contributed by atoms with Crippen LogP contribution in [0.1, 0.15) is 42.5 Å². The van der Waals surface area contributed by atoms with Crippen molar-refractivity contribution >= 4 is 21.8 Å². The van der Waals surface area contributed by atoms with Crippen molar-refractivity contribution in [2.75, 3.05) is 6.54 Å². The van der Waals surface area contributed by atoms with E-state index in [9.17, 15) is 4.79 Å². The maximum absolute atomic E-state index is 12.7. The van der Waals surface area contributed by atoms with Gasteiger partial charge in [0.15, 0.2) is 0 Å². The molecule has 1 aromatic rings. The van der Waals surface area contributed by atoms with E-state index >= 15 is 0 Å². The monoisotopic (exact) mass is 307 g/mol. The van der Waals surface area contributed by atoms with Crippen molar-refractivity contribution in [3.05, 3.63) is 34.3 Å². The summed E-state index contributed by atoms with van der Waals surface area (Å²) in [5, 5.41) is 0. The van der Waals surface area contributed by atoms with E-state index in [1.807, 2.05) is 24.3 Å². The first-order chi connectivity index (χ1) is 8.77. The lowest BCUT2D eigenvalue weighted by molar-refractivity contribution is 0.0547. The molecule has 1 amide bonds. The van der Waals surface area contributed by atoms with Crippen molar-refractivity contribution in [1.29, 1.82) is 0 Å². The summed E-state index contributed by atoms with van der Waals surface area (Å²) in [6, 6.07) is 8.26. The number of benzene rings is 1. The van der Waals surface area contributed by atoms with Gasteiger partial charge < -0.3 is 4.90 Å². The first-order valence-electron chi connectivity index (χ1n) is 6.83. The first kappa shape index (κ1) is 12.2. The molecule has 96 valence electrons. The predicted molar refractivity (Wildman–Crippen MR) is 75.5 cm³/mol. The molecule has 18 heavy (non-hydrogen) atoms. The van der Waals surface area contributed by atoms with E-state index in [-0.39, 0.29) is 5.91 Å². The molecule has 0 spiro atoms. The van der Waals surface area contributed by atoms with Gasteiger partial charge in [0.2, 0.25) is 0 Å². The van der Waals surface area contributed by atoms with Crippen LogP contribution in [-0.4, -0.2) is 23.4 Å². The van der Waals surface area contributed by atoms with Crippen molar-refractivity contribution < 1.29 is 4.79 Å². The molecule has 2 nitrogen and oxygen atoms in total. The van der Waals surface area contributed by atoms with Gasteiger partial charge in [0.25, 0.3) is 5.91 Å². The third kappa shape index (κ3) is 2.09. The molecule has 3 rings (SSSR count). The zero-order valence-electron chi connectivity index (χ0n) is 10.4. The Bertz CT molecular complexity index is 460. The summed E-state index contributed by atoms with van der Waals surface area (Å²) in [6.45, 7) is 0.932. The highest BCUT2D eigenvalue weighted by atomic mass is 79.9. The summed E-state index contributed by atoms with van der Waals surface area (Å²) in [6.07, 6.45) is 6.27. The molecule has 0 bridgehead atoms. The minimum absolute atomic E-state index is 0.207. The summed E-state index contributed by atoms with van der Waals surface area (Å²) < 4.78 is 0.912. The summed E-state index contributed by atoms with van der Waals surface area (Å²) in [7, 11) is 0. The van der Waals surface area contributed by atoms with E-state index < -0.39 is 0 Å². The van der Waals surface area contributed by atoms with Gasteiger partial charge in [0, 0.05) is 17.1 Å². The highest BCUT2D eigenvalue weighted by molar-refractivity contribution is 9.10. The van der Waals surface area contributed by atoms with Crippen molar-refractivity contribution in [2.24, 2.45) is 5.92 Å². The van der Waals surface area contributed by atoms with Crippen LogP contribution < -0.4 is 0 Å². The second-order valence-corrected chi connectivity index (χ2v) is 6.23. The van der Waals surface area contributed by atoms with E-state index in [1.165, 1.54) is 25.7 Å². The van der Waals surface area contributed by atoms with Gasteiger partial charge >= 0.3 is 0 Å². The highest BCUT2D eigenvalue weighted by Gasteiger charge is 2.37. The average molecular weight is 308 g/mol. The molecule has 1 aliphatic carbocycles. The SMILES string of the molecule is O=C(c1ccccc1Br)N1CCCC2CCCC21. The van der Waals surface area contributed by atoms with Crippen molar-refractivity contribution in [2.45, 2.75) is 38.1 Å². The molecule has 1 heterocycles. The number of amides is 1. The van der Waals surface area contributed by atoms with Crippen LogP contribution >= 0.6 is 15.9 Å². The van der Waals surface area contributed by atoms with Gasteiger partial charge in [0.1, 0.15) is 0 Å². The third-order valence-corrected chi connectivity index (χ3v) is 5.05. The fourth-order valence-electron chi connectivity index (χ4n) is 3.50. The molecule has 0 radical (unpaired) electrons. The zero-order valence-corrected chi connectivity index (χ0v) is 12.0. The maximum Gasteiger partial charge on any atom is 0.255 e. The van der Waals surface area contributed by atoms with Crippen molar-refractivity contribution in [1.82, 2.24) is 4.90 Å². The van der Waals surface area contributed by atoms with Crippen molar-refractivity contribution in [3.63, 3.8) is 0 Å². The molecular weight excluding hydrogens is 290 g/mol. The van der Waals surface area contributed by atoms with Crippen LogP contribution in [0, 0.1) is 5.92 Å². The maximum atomic E-state index is 12.7. The fraction of sp³-hybridized carbons (Fsp3) is 0.533. The number of rotatable bonds is 1. The number of hydrogen-bond donors (Lipinski definition) is 0. The van der Waals surface area contributed by atoms with E-state index in [2.05, 4.69) is 20.8 Å². The number of halogens is 1. The first-order valence-corrected chi connectivity index (χ1v) is 7.62. The van der Waals surface area contributed by atoms with Crippen LogP contribution in [-0.2, 0) is 0 Å². The van der Waals surface area contributed by atoms with Crippen molar-refractivity contribution in [3.8, 4) is 0 Å². The van der Waals surface area contributed by atoms with E-state index in [0.717, 1.165) is 28.9 Å². The quantitative estimate of drug-likeness (QED) is 0.771. The molecular formula is C15H18BrNO. The van der Waals surface area contributed by atoms with Crippen LogP contribution in [0.15, 0.2) is 28.7 Å². The Kier molecular flexibility index (Phi) is 3.42. The lowest BCUT2D eigenvalue weighted by Crippen LogP contribution is -2.46. The highest BCUT2D eigenvalue weighted by Crippen LogP contribution is 2.37. The normalized spacial score (nSPS) is 27.1. The molecule has 2 aliphatic rings. The number of nitrogens with zero attached hydrogens (tertiary/aromatic N) is 1. The molecule has 1 aliphatic heterocycles. The Morgan fingerprint density at radius 1 is 1.17 bits per heavy atom. The van der Waals surface area contributed by atoms with E-state index in [0.29, 0.717) is 6.04 Å². The second-order valence-electron chi connectivity index (χ2n) is 5.38. The van der Waals surface area contributed by atoms with Gasteiger partial charge in [-0.15, -0.1) is 0 Å². The Labute approximate surface area is 116 Å². The number of hydrogen-bond acceptors (Lipinski definition) is 1. The minimum Gasteiger partial charge on any atom is -0.335 e. The largest absolute Gasteiger partial charge is 0.335 e. The third-order valence-electron chi connectivity index (χ3n) is 4.36. The number of carbonyl (C=O) groups is 1. The van der Waals surface area contributed by atoms with Gasteiger partial charge in [-0.2, -0.15) is 0 Å². The predicted octanol–water partition coefficient (Wildman–Crippen LogP) is 3.85. The van der Waals surface area contributed by atoms with Gasteiger partial charge in [-0.3, -0.25) is 4.79 Å². The summed E-state index contributed by atoms with van der Waals surface area (Å²) in [5.41, 5.74) is 0.810. The second kappa shape index (κ2) is 5.04. The van der Waals surface area contributed by atoms with Crippen LogP contribution in [0.25, 0.3) is 0 Å². The smallest absolute Gasteiger partial charge is 0.255 e. The molecule has 0 aromatic heterocycles. The molecule has 1 saturated carbocycles. The van der Waals surface area contributed by atoms with E-state index in [4.69, 9.17) is 0 Å². The lowest BCUT2D eigenvalue weighted by atomic mass is 9.91. The molecule has 0 N–H and O–H groups in total. The summed E-state index contributed by atoms with van der Waals surface area (Å²) in [4.78, 5) is 14.8. The standard InChI is InChI=1S/C15H18BrNO/c16-13-8-2-1-7-12(13)15(18)17-10-4-6-11-5-3-9-14(11)17/h1-2,7-8,11,14H,3-6,9-10H2. The topological polar surface area (TPSA) is 20.3 Å². The minimum atomic E-state index is 0.207. The lowest BCUT2D eigenvalue weighted by Gasteiger charge is -2.38. The zero-order chi connectivity index (χ0) is 12.5. The average Bonchev–Trinajstić information content (AvgIpc) is 2.86. The molecule has 1 aromatic carbocycles. The van der Waals surface area contributed by atoms with Crippen LogP contribution in [0.2, 0.25) is 0 Å². The number of likely N-dealkylation sites (tertiary alicyclic amines) is 1. The van der Waals surface area contributed by atoms with E-state index in [1.54, 1.807) is 0 Å².